The highest BCUT2D eigenvalue weighted by molar-refractivity contribution is 7.00. The topological polar surface area (TPSA) is 48.1 Å². The van der Waals surface area contributed by atoms with E-state index >= 15 is 0 Å². The van der Waals surface area contributed by atoms with Gasteiger partial charge >= 0.3 is 0 Å². The molecule has 0 amide bonds. The average Bonchev–Trinajstić information content (AvgIpc) is 3.80. The fourth-order valence-electron chi connectivity index (χ4n) is 6.63. The smallest absolute Gasteiger partial charge is 0.261 e. The summed E-state index contributed by atoms with van der Waals surface area (Å²) in [6, 6.07) is 42.5. The molecular formula is C37H44O4Si2. The van der Waals surface area contributed by atoms with Crippen LogP contribution in [0.25, 0.3) is 0 Å². The molecule has 5 rings (SSSR count). The summed E-state index contributed by atoms with van der Waals surface area (Å²) in [5, 5.41) is 4.38. The lowest BCUT2D eigenvalue weighted by Gasteiger charge is -2.47. The van der Waals surface area contributed by atoms with Gasteiger partial charge in [0.05, 0.1) is 12.7 Å². The third-order valence-corrected chi connectivity index (χ3v) is 18.8. The molecule has 1 aliphatic rings. The first-order valence-electron chi connectivity index (χ1n) is 15.2. The predicted molar refractivity (Wildman–Crippen MR) is 181 cm³/mol. The minimum Gasteiger partial charge on any atom is -0.405 e. The fourth-order valence-corrected chi connectivity index (χ4v) is 15.9. The molecule has 0 saturated carbocycles. The number of aldehydes is 1. The van der Waals surface area contributed by atoms with Gasteiger partial charge in [-0.25, -0.2) is 0 Å². The molecule has 1 saturated heterocycles. The van der Waals surface area contributed by atoms with Crippen molar-refractivity contribution < 1.29 is 18.4 Å². The van der Waals surface area contributed by atoms with Crippen LogP contribution in [0, 0.1) is 0 Å². The Morgan fingerprint density at radius 3 is 1.28 bits per heavy atom. The van der Waals surface area contributed by atoms with Gasteiger partial charge in [0.2, 0.25) is 0 Å². The lowest BCUT2D eigenvalue weighted by atomic mass is 10.2. The summed E-state index contributed by atoms with van der Waals surface area (Å²) in [7, 11) is -5.79. The van der Waals surface area contributed by atoms with Crippen LogP contribution in [0.4, 0.5) is 0 Å². The van der Waals surface area contributed by atoms with E-state index in [2.05, 4.69) is 151 Å². The van der Waals surface area contributed by atoms with Gasteiger partial charge in [0, 0.05) is 0 Å². The highest BCUT2D eigenvalue weighted by Crippen LogP contribution is 2.41. The maximum Gasteiger partial charge on any atom is 0.261 e. The van der Waals surface area contributed by atoms with Crippen LogP contribution in [-0.2, 0) is 18.4 Å². The molecule has 0 radical (unpaired) electrons. The first-order valence-corrected chi connectivity index (χ1v) is 19.0. The molecular weight excluding hydrogens is 565 g/mol. The van der Waals surface area contributed by atoms with Crippen LogP contribution >= 0.6 is 0 Å². The van der Waals surface area contributed by atoms with Gasteiger partial charge < -0.3 is 18.4 Å². The van der Waals surface area contributed by atoms with Gasteiger partial charge in [-0.1, -0.05) is 163 Å². The Labute approximate surface area is 259 Å². The molecule has 0 aliphatic carbocycles. The lowest BCUT2D eigenvalue weighted by molar-refractivity contribution is -0.108. The summed E-state index contributed by atoms with van der Waals surface area (Å²) < 4.78 is 20.9. The molecule has 6 heteroatoms. The van der Waals surface area contributed by atoms with Gasteiger partial charge in [0.25, 0.3) is 16.6 Å². The molecule has 3 atom stereocenters. The molecule has 0 aromatic heterocycles. The van der Waals surface area contributed by atoms with Gasteiger partial charge in [-0.2, -0.15) is 0 Å². The van der Waals surface area contributed by atoms with Crippen LogP contribution in [0.1, 0.15) is 41.5 Å². The van der Waals surface area contributed by atoms with Crippen molar-refractivity contribution >= 4 is 43.7 Å². The van der Waals surface area contributed by atoms with E-state index in [4.69, 9.17) is 13.6 Å². The summed E-state index contributed by atoms with van der Waals surface area (Å²) in [6.45, 7) is 13.9. The second kappa shape index (κ2) is 12.5. The van der Waals surface area contributed by atoms with Crippen molar-refractivity contribution in [3.63, 3.8) is 0 Å². The van der Waals surface area contributed by atoms with Crippen LogP contribution in [0.5, 0.6) is 0 Å². The summed E-state index contributed by atoms with van der Waals surface area (Å²) in [5.41, 5.74) is 0. The zero-order chi connectivity index (χ0) is 30.7. The number of hydrogen-bond donors (Lipinski definition) is 0. The maximum atomic E-state index is 12.0. The largest absolute Gasteiger partial charge is 0.405 e. The van der Waals surface area contributed by atoms with E-state index < -0.39 is 28.8 Å². The molecule has 1 fully saturated rings. The summed E-state index contributed by atoms with van der Waals surface area (Å²) >= 11 is 0. The van der Waals surface area contributed by atoms with Gasteiger partial charge in [-0.3, -0.25) is 0 Å². The van der Waals surface area contributed by atoms with Crippen molar-refractivity contribution in [3.05, 3.63) is 121 Å². The normalized spacial score (nSPS) is 18.2. The summed E-state index contributed by atoms with van der Waals surface area (Å²) in [6.07, 6.45) is -0.402. The van der Waals surface area contributed by atoms with E-state index in [-0.39, 0.29) is 16.2 Å². The van der Waals surface area contributed by atoms with Crippen molar-refractivity contribution in [3.8, 4) is 0 Å². The average molecular weight is 609 g/mol. The molecule has 0 bridgehead atoms. The molecule has 1 aliphatic heterocycles. The number of epoxide rings is 1. The molecule has 0 spiro atoms. The van der Waals surface area contributed by atoms with Crippen molar-refractivity contribution in [2.45, 2.75) is 69.9 Å². The number of ether oxygens (including phenoxy) is 1. The molecule has 4 aromatic carbocycles. The highest BCUT2D eigenvalue weighted by Gasteiger charge is 2.57. The van der Waals surface area contributed by atoms with E-state index in [0.29, 0.717) is 6.61 Å². The second-order valence-corrected chi connectivity index (χ2v) is 22.1. The Morgan fingerprint density at radius 2 is 0.977 bits per heavy atom. The van der Waals surface area contributed by atoms with Gasteiger partial charge in [0.1, 0.15) is 12.2 Å². The van der Waals surface area contributed by atoms with E-state index in [9.17, 15) is 4.79 Å². The Balaban J connectivity index is 1.64. The third kappa shape index (κ3) is 5.99. The van der Waals surface area contributed by atoms with Crippen LogP contribution in [0.3, 0.4) is 0 Å². The van der Waals surface area contributed by atoms with Crippen LogP contribution in [0.2, 0.25) is 10.1 Å². The van der Waals surface area contributed by atoms with Crippen molar-refractivity contribution in [1.82, 2.24) is 0 Å². The molecule has 224 valence electrons. The van der Waals surface area contributed by atoms with E-state index in [1.165, 1.54) is 20.7 Å². The summed E-state index contributed by atoms with van der Waals surface area (Å²) in [5.74, 6) is 0. The summed E-state index contributed by atoms with van der Waals surface area (Å²) in [4.78, 5) is 12.0. The van der Waals surface area contributed by atoms with Crippen molar-refractivity contribution in [2.75, 3.05) is 6.61 Å². The number of hydrogen-bond acceptors (Lipinski definition) is 4. The molecule has 1 heterocycles. The standard InChI is InChI=1S/C37H44O4Si2/c1-36(2,3)42(29-19-11-7-12-20-29,30-21-13-8-14-22-30)39-28-34(35-33(27-38)40-35)41-43(37(4,5)6,31-23-15-9-16-24-31)32-25-17-10-18-26-32/h7-27,33-35H,28H2,1-6H3/t33-,34-,35-/m1/s1. The lowest BCUT2D eigenvalue weighted by Crippen LogP contribution is -2.70. The monoisotopic (exact) mass is 608 g/mol. The first kappa shape index (κ1) is 31.3. The maximum absolute atomic E-state index is 12.0. The minimum atomic E-state index is -2.94. The van der Waals surface area contributed by atoms with Crippen LogP contribution < -0.4 is 20.7 Å². The van der Waals surface area contributed by atoms with Crippen molar-refractivity contribution in [1.29, 1.82) is 0 Å². The highest BCUT2D eigenvalue weighted by atomic mass is 28.4. The van der Waals surface area contributed by atoms with Crippen LogP contribution in [0.15, 0.2) is 121 Å². The molecule has 4 nitrogen and oxygen atoms in total. The molecule has 0 N–H and O–H groups in total. The molecule has 43 heavy (non-hydrogen) atoms. The predicted octanol–water partition coefficient (Wildman–Crippen LogP) is 5.47. The first-order chi connectivity index (χ1) is 20.5. The number of carbonyl (C=O) groups is 1. The quantitative estimate of drug-likeness (QED) is 0.129. The zero-order valence-electron chi connectivity index (χ0n) is 26.2. The molecule has 0 unspecified atom stereocenters. The van der Waals surface area contributed by atoms with E-state index in [1.807, 2.05) is 12.1 Å². The Kier molecular flexibility index (Phi) is 9.07. The fraction of sp³-hybridized carbons (Fsp3) is 0.324. The van der Waals surface area contributed by atoms with Gasteiger partial charge in [-0.05, 0) is 30.8 Å². The third-order valence-electron chi connectivity index (χ3n) is 8.69. The Hall–Kier alpha value is -3.14. The van der Waals surface area contributed by atoms with Crippen LogP contribution in [-0.4, -0.2) is 47.8 Å². The Bertz CT molecular complexity index is 1390. The van der Waals surface area contributed by atoms with E-state index in [1.54, 1.807) is 0 Å². The number of rotatable bonds is 11. The van der Waals surface area contributed by atoms with Gasteiger partial charge in [-0.15, -0.1) is 0 Å². The number of benzene rings is 4. The van der Waals surface area contributed by atoms with E-state index in [0.717, 1.165) is 6.29 Å². The second-order valence-electron chi connectivity index (χ2n) is 13.5. The van der Waals surface area contributed by atoms with Gasteiger partial charge in [0.15, 0.2) is 6.29 Å². The SMILES string of the molecule is CC(C)(C)[Si](OC[C@@H](O[Si](c1ccccc1)(c1ccccc1)C(C)(C)C)[C@@H]1O[C@@H]1C=O)(c1ccccc1)c1ccccc1. The Morgan fingerprint density at radius 1 is 0.628 bits per heavy atom. The van der Waals surface area contributed by atoms with Crippen molar-refractivity contribution in [2.24, 2.45) is 0 Å². The minimum absolute atomic E-state index is 0.188. The molecule has 4 aromatic rings. The zero-order valence-corrected chi connectivity index (χ0v) is 28.2. The number of carbonyl (C=O) groups excluding carboxylic acids is 1.